The molecule has 2 aliphatic rings. The van der Waals surface area contributed by atoms with E-state index in [9.17, 15) is 9.59 Å². The monoisotopic (exact) mass is 448 g/mol. The Balaban J connectivity index is 1.59. The van der Waals surface area contributed by atoms with E-state index in [0.29, 0.717) is 19.6 Å². The van der Waals surface area contributed by atoms with Crippen molar-refractivity contribution in [3.8, 4) is 5.75 Å². The van der Waals surface area contributed by atoms with Crippen LogP contribution in [0.3, 0.4) is 0 Å². The molecule has 2 fully saturated rings. The average molecular weight is 449 g/mol. The van der Waals surface area contributed by atoms with Gasteiger partial charge in [0.25, 0.3) is 0 Å². The van der Waals surface area contributed by atoms with Gasteiger partial charge in [0.05, 0.1) is 12.4 Å². The number of benzene rings is 1. The van der Waals surface area contributed by atoms with Gasteiger partial charge >= 0.3 is 6.03 Å². The minimum Gasteiger partial charge on any atom is -0.496 e. The lowest BCUT2D eigenvalue weighted by atomic mass is 10.1. The Labute approximate surface area is 190 Å². The molecule has 0 bridgehead atoms. The lowest BCUT2D eigenvalue weighted by Gasteiger charge is -2.37. The van der Waals surface area contributed by atoms with Crippen LogP contribution in [0.1, 0.15) is 45.1 Å². The normalized spacial score (nSPS) is 22.7. The molecule has 0 saturated carbocycles. The molecule has 172 valence electrons. The lowest BCUT2D eigenvalue weighted by molar-refractivity contribution is -0.130. The lowest BCUT2D eigenvalue weighted by Crippen LogP contribution is -2.55. The molecule has 0 spiro atoms. The third-order valence-electron chi connectivity index (χ3n) is 5.71. The number of methoxy groups -OCH3 is 1. The summed E-state index contributed by atoms with van der Waals surface area (Å²) in [4.78, 5) is 31.7. The average Bonchev–Trinajstić information content (AvgIpc) is 3.06. The van der Waals surface area contributed by atoms with E-state index in [1.54, 1.807) is 18.9 Å². The fourth-order valence-electron chi connectivity index (χ4n) is 4.02. The molecular formula is C23H36N4O3S. The predicted octanol–water partition coefficient (Wildman–Crippen LogP) is 3.17. The maximum atomic E-state index is 13.1. The van der Waals surface area contributed by atoms with Gasteiger partial charge in [0.15, 0.2) is 0 Å². The number of urea groups is 1. The molecule has 31 heavy (non-hydrogen) atoms. The van der Waals surface area contributed by atoms with Crippen LogP contribution in [0.5, 0.6) is 5.75 Å². The second-order valence-electron chi connectivity index (χ2n) is 9.17. The summed E-state index contributed by atoms with van der Waals surface area (Å²) in [5.74, 6) is 1.04. The predicted molar refractivity (Wildman–Crippen MR) is 125 cm³/mol. The number of thioether (sulfide) groups is 1. The summed E-state index contributed by atoms with van der Waals surface area (Å²) in [5.41, 5.74) is 0.827. The molecule has 3 rings (SSSR count). The number of hydrogen-bond acceptors (Lipinski definition) is 5. The molecule has 7 nitrogen and oxygen atoms in total. The first-order chi connectivity index (χ1) is 14.7. The van der Waals surface area contributed by atoms with Crippen molar-refractivity contribution < 1.29 is 14.3 Å². The van der Waals surface area contributed by atoms with Crippen molar-refractivity contribution in [2.75, 3.05) is 46.4 Å². The standard InChI is InChI=1S/C23H36N4O3S/c1-6-19-20(28)27(21(31-19)17-9-7-8-10-18(17)30-5)16-13-25-11-14-26(15-12-25)22(29)24-23(2,3)4/h7-10,19,21H,6,11-16H2,1-5H3,(H,24,29). The zero-order valence-electron chi connectivity index (χ0n) is 19.4. The first kappa shape index (κ1) is 23.7. The molecule has 3 amide bonds. The van der Waals surface area contributed by atoms with Crippen molar-refractivity contribution in [3.63, 3.8) is 0 Å². The van der Waals surface area contributed by atoms with Crippen LogP contribution in [0.15, 0.2) is 24.3 Å². The van der Waals surface area contributed by atoms with Gasteiger partial charge in [-0.3, -0.25) is 9.69 Å². The molecule has 1 N–H and O–H groups in total. The summed E-state index contributed by atoms with van der Waals surface area (Å²) in [7, 11) is 1.68. The van der Waals surface area contributed by atoms with Gasteiger partial charge in [0.1, 0.15) is 11.1 Å². The molecule has 0 aromatic heterocycles. The van der Waals surface area contributed by atoms with E-state index >= 15 is 0 Å². The highest BCUT2D eigenvalue weighted by Gasteiger charge is 2.41. The summed E-state index contributed by atoms with van der Waals surface area (Å²) in [6.45, 7) is 12.6. The molecule has 1 aromatic rings. The highest BCUT2D eigenvalue weighted by Crippen LogP contribution is 2.46. The Kier molecular flexibility index (Phi) is 7.75. The molecule has 8 heteroatoms. The van der Waals surface area contributed by atoms with E-state index in [0.717, 1.165) is 37.4 Å². The van der Waals surface area contributed by atoms with Gasteiger partial charge in [-0.25, -0.2) is 4.79 Å². The number of hydrogen-bond donors (Lipinski definition) is 1. The number of piperazine rings is 1. The van der Waals surface area contributed by atoms with E-state index in [1.807, 2.05) is 48.8 Å². The van der Waals surface area contributed by atoms with Crippen molar-refractivity contribution in [1.29, 1.82) is 0 Å². The molecule has 0 aliphatic carbocycles. The second kappa shape index (κ2) is 10.1. The maximum Gasteiger partial charge on any atom is 0.317 e. The molecule has 2 heterocycles. The van der Waals surface area contributed by atoms with Crippen molar-refractivity contribution >= 4 is 23.7 Å². The van der Waals surface area contributed by atoms with Crippen LogP contribution in [0.4, 0.5) is 4.79 Å². The van der Waals surface area contributed by atoms with Crippen molar-refractivity contribution in [1.82, 2.24) is 20.0 Å². The van der Waals surface area contributed by atoms with E-state index < -0.39 is 0 Å². The van der Waals surface area contributed by atoms with Crippen molar-refractivity contribution in [2.45, 2.75) is 50.3 Å². The van der Waals surface area contributed by atoms with Crippen LogP contribution < -0.4 is 10.1 Å². The van der Waals surface area contributed by atoms with E-state index in [1.165, 1.54) is 0 Å². The van der Waals surface area contributed by atoms with Crippen LogP contribution in [-0.4, -0.2) is 83.8 Å². The van der Waals surface area contributed by atoms with E-state index in [4.69, 9.17) is 4.74 Å². The molecule has 1 aromatic carbocycles. The van der Waals surface area contributed by atoms with E-state index in [-0.39, 0.29) is 28.1 Å². The molecule has 2 atom stereocenters. The number of carbonyl (C=O) groups is 2. The smallest absolute Gasteiger partial charge is 0.317 e. The highest BCUT2D eigenvalue weighted by atomic mass is 32.2. The highest BCUT2D eigenvalue weighted by molar-refractivity contribution is 8.01. The van der Waals surface area contributed by atoms with Gasteiger partial charge in [0.2, 0.25) is 5.91 Å². The number of carbonyl (C=O) groups excluding carboxylic acids is 2. The largest absolute Gasteiger partial charge is 0.496 e. The first-order valence-electron chi connectivity index (χ1n) is 11.1. The summed E-state index contributed by atoms with van der Waals surface area (Å²) < 4.78 is 5.57. The summed E-state index contributed by atoms with van der Waals surface area (Å²) in [6.07, 6.45) is 0.827. The molecule has 2 aliphatic heterocycles. The summed E-state index contributed by atoms with van der Waals surface area (Å²) >= 11 is 1.72. The van der Waals surface area contributed by atoms with Gasteiger partial charge in [-0.15, -0.1) is 11.8 Å². The topological polar surface area (TPSA) is 65.1 Å². The third kappa shape index (κ3) is 5.86. The quantitative estimate of drug-likeness (QED) is 0.724. The Bertz CT molecular complexity index is 774. The van der Waals surface area contributed by atoms with Crippen LogP contribution >= 0.6 is 11.8 Å². The van der Waals surface area contributed by atoms with Crippen LogP contribution in [0, 0.1) is 0 Å². The molecular weight excluding hydrogens is 412 g/mol. The Morgan fingerprint density at radius 3 is 2.45 bits per heavy atom. The Morgan fingerprint density at radius 2 is 1.84 bits per heavy atom. The number of ether oxygens (including phenoxy) is 1. The molecule has 2 unspecified atom stereocenters. The SMILES string of the molecule is CCC1SC(c2ccccc2OC)N(CCN2CCN(C(=O)NC(C)(C)C)CC2)C1=O. The van der Waals surface area contributed by atoms with Gasteiger partial charge in [-0.2, -0.15) is 0 Å². The Morgan fingerprint density at radius 1 is 1.16 bits per heavy atom. The van der Waals surface area contributed by atoms with Gasteiger partial charge in [-0.05, 0) is 33.3 Å². The number of nitrogens with zero attached hydrogens (tertiary/aromatic N) is 3. The number of nitrogens with one attached hydrogen (secondary N) is 1. The van der Waals surface area contributed by atoms with Crippen LogP contribution in [-0.2, 0) is 4.79 Å². The van der Waals surface area contributed by atoms with Gasteiger partial charge < -0.3 is 19.9 Å². The zero-order valence-corrected chi connectivity index (χ0v) is 20.2. The first-order valence-corrected chi connectivity index (χ1v) is 12.1. The van der Waals surface area contributed by atoms with Gasteiger partial charge in [-0.1, -0.05) is 25.1 Å². The minimum atomic E-state index is -0.231. The molecule has 0 radical (unpaired) electrons. The van der Waals surface area contributed by atoms with Crippen molar-refractivity contribution in [3.05, 3.63) is 29.8 Å². The van der Waals surface area contributed by atoms with Crippen LogP contribution in [0.25, 0.3) is 0 Å². The third-order valence-corrected chi connectivity index (χ3v) is 7.34. The minimum absolute atomic E-state index is 0.000273. The zero-order chi connectivity index (χ0) is 22.6. The number of para-hydroxylation sites is 1. The maximum absolute atomic E-state index is 13.1. The second-order valence-corrected chi connectivity index (χ2v) is 10.5. The van der Waals surface area contributed by atoms with Crippen molar-refractivity contribution in [2.24, 2.45) is 0 Å². The number of rotatable bonds is 6. The number of amides is 3. The van der Waals surface area contributed by atoms with E-state index in [2.05, 4.69) is 23.2 Å². The fraction of sp³-hybridized carbons (Fsp3) is 0.652. The summed E-state index contributed by atoms with van der Waals surface area (Å²) in [6, 6.07) is 7.98. The summed E-state index contributed by atoms with van der Waals surface area (Å²) in [5, 5.41) is 3.01. The molecule has 2 saturated heterocycles. The fourth-order valence-corrected chi connectivity index (χ4v) is 5.47. The Hall–Kier alpha value is -1.93. The van der Waals surface area contributed by atoms with Gasteiger partial charge in [0, 0.05) is 50.4 Å². The van der Waals surface area contributed by atoms with Crippen LogP contribution in [0.2, 0.25) is 0 Å².